The predicted molar refractivity (Wildman–Crippen MR) is 96.7 cm³/mol. The van der Waals surface area contributed by atoms with Crippen LogP contribution in [0.15, 0.2) is 33.3 Å². The molecule has 0 radical (unpaired) electrons. The molecule has 1 saturated heterocycles. The number of aliphatic hydroxyl groups excluding tert-OH is 1. The van der Waals surface area contributed by atoms with E-state index in [1.54, 1.807) is 6.07 Å². The third-order valence-corrected chi connectivity index (χ3v) is 7.00. The standard InChI is InChI=1S/C19H26O5S/c1-12(2)16-11-25(21,22)18-10-23-17(19(16)18)7-4-13(3)8-14-5-6-15(9-20)24-14/h5-6,8,12,17-18,20H,4,7,9-11H2,1-3H3/b13-8+/t17-,18+/m1/s1. The maximum Gasteiger partial charge on any atom is 0.163 e. The summed E-state index contributed by atoms with van der Waals surface area (Å²) < 4.78 is 36.0. The van der Waals surface area contributed by atoms with E-state index in [0.29, 0.717) is 12.4 Å². The number of hydrogen-bond donors (Lipinski definition) is 1. The van der Waals surface area contributed by atoms with Crippen LogP contribution < -0.4 is 0 Å². The lowest BCUT2D eigenvalue weighted by atomic mass is 9.92. The largest absolute Gasteiger partial charge is 0.459 e. The summed E-state index contributed by atoms with van der Waals surface area (Å²) in [5, 5.41) is 8.61. The average Bonchev–Trinajstić information content (AvgIpc) is 3.22. The minimum atomic E-state index is -3.09. The molecule has 25 heavy (non-hydrogen) atoms. The SMILES string of the molecule is C/C(=C\c1ccc(CO)o1)CC[C@H]1OC[C@H]2C1=C(C(C)C)CS2(=O)=O. The molecule has 5 nitrogen and oxygen atoms in total. The van der Waals surface area contributed by atoms with Gasteiger partial charge >= 0.3 is 0 Å². The minimum absolute atomic E-state index is 0.104. The van der Waals surface area contributed by atoms with Gasteiger partial charge in [-0.25, -0.2) is 8.42 Å². The van der Waals surface area contributed by atoms with E-state index in [1.165, 1.54) is 0 Å². The second kappa shape index (κ2) is 7.09. The number of ether oxygens (including phenoxy) is 1. The Kier molecular flexibility index (Phi) is 5.23. The fourth-order valence-electron chi connectivity index (χ4n) is 3.67. The first kappa shape index (κ1) is 18.4. The average molecular weight is 366 g/mol. The molecule has 3 heterocycles. The van der Waals surface area contributed by atoms with Crippen LogP contribution in [0, 0.1) is 5.92 Å². The number of furan rings is 1. The molecule has 2 atom stereocenters. The van der Waals surface area contributed by atoms with Crippen molar-refractivity contribution < 1.29 is 22.7 Å². The van der Waals surface area contributed by atoms with Crippen LogP contribution in [0.2, 0.25) is 0 Å². The van der Waals surface area contributed by atoms with Gasteiger partial charge in [-0.3, -0.25) is 0 Å². The maximum absolute atomic E-state index is 12.3. The summed E-state index contributed by atoms with van der Waals surface area (Å²) in [5.74, 6) is 1.69. The van der Waals surface area contributed by atoms with Crippen LogP contribution >= 0.6 is 0 Å². The topological polar surface area (TPSA) is 76.7 Å². The molecule has 0 unspecified atom stereocenters. The zero-order chi connectivity index (χ0) is 18.2. The van der Waals surface area contributed by atoms with Crippen LogP contribution in [-0.2, 0) is 21.2 Å². The molecule has 1 fully saturated rings. The number of hydrogen-bond acceptors (Lipinski definition) is 5. The van der Waals surface area contributed by atoms with Gasteiger partial charge < -0.3 is 14.3 Å². The molecule has 1 aromatic rings. The Morgan fingerprint density at radius 3 is 2.80 bits per heavy atom. The predicted octanol–water partition coefficient (Wildman–Crippen LogP) is 3.10. The van der Waals surface area contributed by atoms with Gasteiger partial charge in [0.05, 0.1) is 18.5 Å². The van der Waals surface area contributed by atoms with Crippen molar-refractivity contribution >= 4 is 15.9 Å². The third-order valence-electron chi connectivity index (χ3n) is 5.03. The molecular weight excluding hydrogens is 340 g/mol. The maximum atomic E-state index is 12.3. The summed E-state index contributed by atoms with van der Waals surface area (Å²) in [6.45, 7) is 6.31. The summed E-state index contributed by atoms with van der Waals surface area (Å²) in [4.78, 5) is 0. The van der Waals surface area contributed by atoms with E-state index in [-0.39, 0.29) is 24.4 Å². The second-order valence-corrected chi connectivity index (χ2v) is 9.43. The molecule has 0 aliphatic carbocycles. The third kappa shape index (κ3) is 3.76. The number of aliphatic hydroxyl groups is 1. The van der Waals surface area contributed by atoms with Crippen molar-refractivity contribution in [1.82, 2.24) is 0 Å². The molecule has 1 N–H and O–H groups in total. The summed E-state index contributed by atoms with van der Waals surface area (Å²) >= 11 is 0. The van der Waals surface area contributed by atoms with Crippen molar-refractivity contribution in [1.29, 1.82) is 0 Å². The highest BCUT2D eigenvalue weighted by molar-refractivity contribution is 7.92. The Morgan fingerprint density at radius 2 is 2.16 bits per heavy atom. The van der Waals surface area contributed by atoms with Crippen LogP contribution in [0.3, 0.4) is 0 Å². The quantitative estimate of drug-likeness (QED) is 0.783. The highest BCUT2D eigenvalue weighted by Gasteiger charge is 2.47. The minimum Gasteiger partial charge on any atom is -0.459 e. The number of rotatable bonds is 6. The van der Waals surface area contributed by atoms with Gasteiger partial charge in [-0.05, 0) is 55.0 Å². The molecule has 0 spiro atoms. The zero-order valence-electron chi connectivity index (χ0n) is 15.0. The van der Waals surface area contributed by atoms with Crippen molar-refractivity contribution in [2.24, 2.45) is 5.92 Å². The lowest BCUT2D eigenvalue weighted by Gasteiger charge is -2.15. The van der Waals surface area contributed by atoms with Crippen LogP contribution in [0.1, 0.15) is 45.1 Å². The van der Waals surface area contributed by atoms with Gasteiger partial charge in [-0.2, -0.15) is 0 Å². The highest BCUT2D eigenvalue weighted by Crippen LogP contribution is 2.40. The summed E-state index contributed by atoms with van der Waals surface area (Å²) in [7, 11) is -3.09. The highest BCUT2D eigenvalue weighted by atomic mass is 32.2. The Hall–Kier alpha value is -1.37. The van der Waals surface area contributed by atoms with E-state index >= 15 is 0 Å². The van der Waals surface area contributed by atoms with E-state index in [1.807, 2.05) is 19.1 Å². The van der Waals surface area contributed by atoms with Crippen LogP contribution in [-0.4, -0.2) is 37.2 Å². The molecule has 0 bridgehead atoms. The van der Waals surface area contributed by atoms with Gasteiger partial charge in [-0.15, -0.1) is 0 Å². The molecule has 0 saturated carbocycles. The molecule has 2 aliphatic heterocycles. The van der Waals surface area contributed by atoms with E-state index in [0.717, 1.165) is 35.3 Å². The first-order valence-electron chi connectivity index (χ1n) is 8.74. The van der Waals surface area contributed by atoms with Crippen molar-refractivity contribution in [3.63, 3.8) is 0 Å². The van der Waals surface area contributed by atoms with Crippen molar-refractivity contribution in [3.8, 4) is 0 Å². The van der Waals surface area contributed by atoms with Crippen LogP contribution in [0.5, 0.6) is 0 Å². The van der Waals surface area contributed by atoms with Gasteiger partial charge in [0.15, 0.2) is 9.84 Å². The lowest BCUT2D eigenvalue weighted by molar-refractivity contribution is 0.117. The van der Waals surface area contributed by atoms with Gasteiger partial charge in [0.1, 0.15) is 23.4 Å². The monoisotopic (exact) mass is 366 g/mol. The fourth-order valence-corrected chi connectivity index (χ4v) is 5.78. The Balaban J connectivity index is 1.70. The lowest BCUT2D eigenvalue weighted by Crippen LogP contribution is -2.19. The van der Waals surface area contributed by atoms with Gasteiger partial charge in [0.25, 0.3) is 0 Å². The van der Waals surface area contributed by atoms with E-state index < -0.39 is 15.1 Å². The van der Waals surface area contributed by atoms with Crippen molar-refractivity contribution in [2.45, 2.75) is 51.6 Å². The molecule has 138 valence electrons. The van der Waals surface area contributed by atoms with E-state index in [9.17, 15) is 8.42 Å². The Labute approximate surface area is 149 Å². The van der Waals surface area contributed by atoms with Crippen molar-refractivity contribution in [3.05, 3.63) is 40.4 Å². The zero-order valence-corrected chi connectivity index (χ0v) is 15.8. The molecule has 0 aromatic carbocycles. The summed E-state index contributed by atoms with van der Waals surface area (Å²) in [6, 6.07) is 3.59. The second-order valence-electron chi connectivity index (χ2n) is 7.24. The number of sulfone groups is 1. The molecule has 2 aliphatic rings. The number of allylic oxidation sites excluding steroid dienone is 1. The fraction of sp³-hybridized carbons (Fsp3) is 0.579. The van der Waals surface area contributed by atoms with Gasteiger partial charge in [0, 0.05) is 0 Å². The van der Waals surface area contributed by atoms with Crippen LogP contribution in [0.25, 0.3) is 6.08 Å². The number of fused-ring (bicyclic) bond motifs is 1. The van der Waals surface area contributed by atoms with Gasteiger partial charge in [-0.1, -0.05) is 19.4 Å². The smallest absolute Gasteiger partial charge is 0.163 e. The molecule has 3 rings (SSSR count). The van der Waals surface area contributed by atoms with E-state index in [2.05, 4.69) is 13.8 Å². The Bertz CT molecular complexity index is 798. The Morgan fingerprint density at radius 1 is 1.40 bits per heavy atom. The normalized spacial score (nSPS) is 25.9. The molecular formula is C19H26O5S. The van der Waals surface area contributed by atoms with E-state index in [4.69, 9.17) is 14.3 Å². The first-order chi connectivity index (χ1) is 11.8. The van der Waals surface area contributed by atoms with Gasteiger partial charge in [0.2, 0.25) is 0 Å². The van der Waals surface area contributed by atoms with Crippen LogP contribution in [0.4, 0.5) is 0 Å². The summed E-state index contributed by atoms with van der Waals surface area (Å²) in [5.41, 5.74) is 3.20. The first-order valence-corrected chi connectivity index (χ1v) is 10.5. The molecule has 1 aromatic heterocycles. The summed E-state index contributed by atoms with van der Waals surface area (Å²) in [6.07, 6.45) is 3.43. The molecule has 6 heteroatoms. The molecule has 0 amide bonds. The van der Waals surface area contributed by atoms with Crippen molar-refractivity contribution in [2.75, 3.05) is 12.4 Å².